The highest BCUT2D eigenvalue weighted by Crippen LogP contribution is 2.30. The van der Waals surface area contributed by atoms with Crippen molar-refractivity contribution in [3.8, 4) is 0 Å². The molecule has 3 heteroatoms. The molecule has 1 aromatic carbocycles. The third-order valence-corrected chi connectivity index (χ3v) is 4.34. The Hall–Kier alpha value is -0.670. The molecule has 0 saturated carbocycles. The molecule has 2 atom stereocenters. The van der Waals surface area contributed by atoms with E-state index in [1.165, 1.54) is 12.0 Å². The summed E-state index contributed by atoms with van der Waals surface area (Å²) >= 11 is 1.95. The molecule has 82 valence electrons. The zero-order valence-electron chi connectivity index (χ0n) is 8.98. The van der Waals surface area contributed by atoms with Crippen LogP contribution in [0.25, 0.3) is 0 Å². The molecule has 15 heavy (non-hydrogen) atoms. The number of ether oxygens (including phenoxy) is 1. The molecule has 1 heterocycles. The van der Waals surface area contributed by atoms with E-state index in [0.717, 1.165) is 18.0 Å². The first kappa shape index (κ1) is 10.8. The van der Waals surface area contributed by atoms with Gasteiger partial charge in [-0.3, -0.25) is 0 Å². The summed E-state index contributed by atoms with van der Waals surface area (Å²) in [6.07, 6.45) is 1.55. The SMILES string of the molecule is CC1OCCC1SCc1ccccc1N. The first-order valence-electron chi connectivity index (χ1n) is 5.34. The standard InChI is InChI=1S/C12H17NOS/c1-9-12(6-7-14-9)15-8-10-4-2-3-5-11(10)13/h2-5,9,12H,6-8,13H2,1H3. The van der Waals surface area contributed by atoms with Gasteiger partial charge in [-0.05, 0) is 25.0 Å². The summed E-state index contributed by atoms with van der Waals surface area (Å²) in [6, 6.07) is 8.08. The number of benzene rings is 1. The van der Waals surface area contributed by atoms with Crippen LogP contribution in [-0.2, 0) is 10.5 Å². The minimum absolute atomic E-state index is 0.389. The monoisotopic (exact) mass is 223 g/mol. The fraction of sp³-hybridized carbons (Fsp3) is 0.500. The van der Waals surface area contributed by atoms with Gasteiger partial charge in [-0.1, -0.05) is 18.2 Å². The van der Waals surface area contributed by atoms with Gasteiger partial charge in [-0.15, -0.1) is 0 Å². The first-order valence-corrected chi connectivity index (χ1v) is 6.39. The molecule has 2 nitrogen and oxygen atoms in total. The van der Waals surface area contributed by atoms with E-state index < -0.39 is 0 Å². The van der Waals surface area contributed by atoms with Crippen molar-refractivity contribution in [2.75, 3.05) is 12.3 Å². The Bertz CT molecular complexity index is 329. The summed E-state index contributed by atoms with van der Waals surface area (Å²) in [5.41, 5.74) is 8.03. The minimum Gasteiger partial charge on any atom is -0.398 e. The van der Waals surface area contributed by atoms with E-state index in [4.69, 9.17) is 10.5 Å². The van der Waals surface area contributed by atoms with Gasteiger partial charge in [0.25, 0.3) is 0 Å². The van der Waals surface area contributed by atoms with Crippen LogP contribution < -0.4 is 5.73 Å². The number of thioether (sulfide) groups is 1. The second-order valence-electron chi connectivity index (χ2n) is 3.91. The second kappa shape index (κ2) is 4.90. The average Bonchev–Trinajstić information content (AvgIpc) is 2.63. The maximum Gasteiger partial charge on any atom is 0.0666 e. The molecule has 1 aliphatic heterocycles. The highest BCUT2D eigenvalue weighted by Gasteiger charge is 2.24. The number of hydrogen-bond donors (Lipinski definition) is 1. The number of nitrogen functional groups attached to an aromatic ring is 1. The molecule has 0 amide bonds. The molecule has 1 aromatic rings. The van der Waals surface area contributed by atoms with E-state index in [1.54, 1.807) is 0 Å². The normalized spacial score (nSPS) is 25.7. The lowest BCUT2D eigenvalue weighted by atomic mass is 10.2. The summed E-state index contributed by atoms with van der Waals surface area (Å²) in [6.45, 7) is 3.06. The van der Waals surface area contributed by atoms with Crippen molar-refractivity contribution in [1.82, 2.24) is 0 Å². The van der Waals surface area contributed by atoms with Crippen LogP contribution in [0.2, 0.25) is 0 Å². The average molecular weight is 223 g/mol. The van der Waals surface area contributed by atoms with E-state index in [2.05, 4.69) is 13.0 Å². The van der Waals surface area contributed by atoms with Crippen LogP contribution in [0.1, 0.15) is 18.9 Å². The Kier molecular flexibility index (Phi) is 3.54. The van der Waals surface area contributed by atoms with Crippen LogP contribution in [-0.4, -0.2) is 18.0 Å². The van der Waals surface area contributed by atoms with Gasteiger partial charge in [-0.2, -0.15) is 11.8 Å². The summed E-state index contributed by atoms with van der Waals surface area (Å²) in [5.74, 6) is 0.991. The highest BCUT2D eigenvalue weighted by atomic mass is 32.2. The van der Waals surface area contributed by atoms with Gasteiger partial charge in [0.1, 0.15) is 0 Å². The van der Waals surface area contributed by atoms with Crippen molar-refractivity contribution < 1.29 is 4.74 Å². The van der Waals surface area contributed by atoms with Crippen LogP contribution in [0.3, 0.4) is 0 Å². The third-order valence-electron chi connectivity index (χ3n) is 2.81. The Labute approximate surface area is 95.2 Å². The van der Waals surface area contributed by atoms with Crippen LogP contribution >= 0.6 is 11.8 Å². The molecule has 0 aromatic heterocycles. The zero-order chi connectivity index (χ0) is 10.7. The smallest absolute Gasteiger partial charge is 0.0666 e. The van der Waals surface area contributed by atoms with E-state index in [9.17, 15) is 0 Å². The number of hydrogen-bond acceptors (Lipinski definition) is 3. The van der Waals surface area contributed by atoms with Crippen molar-refractivity contribution in [1.29, 1.82) is 0 Å². The highest BCUT2D eigenvalue weighted by molar-refractivity contribution is 7.99. The van der Waals surface area contributed by atoms with Crippen molar-refractivity contribution >= 4 is 17.4 Å². The van der Waals surface area contributed by atoms with E-state index >= 15 is 0 Å². The fourth-order valence-electron chi connectivity index (χ4n) is 1.79. The fourth-order valence-corrected chi connectivity index (χ4v) is 3.06. The van der Waals surface area contributed by atoms with E-state index in [1.807, 2.05) is 30.0 Å². The number of anilines is 1. The van der Waals surface area contributed by atoms with Crippen LogP contribution in [0, 0.1) is 0 Å². The number of rotatable bonds is 3. The van der Waals surface area contributed by atoms with Gasteiger partial charge in [0.15, 0.2) is 0 Å². The van der Waals surface area contributed by atoms with Gasteiger partial charge in [-0.25, -0.2) is 0 Å². The Morgan fingerprint density at radius 3 is 2.93 bits per heavy atom. The topological polar surface area (TPSA) is 35.2 Å². The molecule has 2 N–H and O–H groups in total. The minimum atomic E-state index is 0.389. The molecular weight excluding hydrogens is 206 g/mol. The molecule has 1 fully saturated rings. The predicted octanol–water partition coefficient (Wildman–Crippen LogP) is 2.68. The van der Waals surface area contributed by atoms with Crippen molar-refractivity contribution in [3.63, 3.8) is 0 Å². The Balaban J connectivity index is 1.90. The molecule has 0 bridgehead atoms. The van der Waals surface area contributed by atoms with Gasteiger partial charge < -0.3 is 10.5 Å². The molecular formula is C12H17NOS. The second-order valence-corrected chi connectivity index (χ2v) is 5.14. The Morgan fingerprint density at radius 1 is 1.47 bits per heavy atom. The molecule has 0 aliphatic carbocycles. The van der Waals surface area contributed by atoms with Gasteiger partial charge in [0.2, 0.25) is 0 Å². The van der Waals surface area contributed by atoms with Crippen molar-refractivity contribution in [3.05, 3.63) is 29.8 Å². The molecule has 0 spiro atoms. The largest absolute Gasteiger partial charge is 0.398 e. The van der Waals surface area contributed by atoms with Crippen LogP contribution in [0.5, 0.6) is 0 Å². The summed E-state index contributed by atoms with van der Waals surface area (Å²) < 4.78 is 5.53. The predicted molar refractivity (Wildman–Crippen MR) is 66.0 cm³/mol. The van der Waals surface area contributed by atoms with Crippen molar-refractivity contribution in [2.24, 2.45) is 0 Å². The molecule has 1 saturated heterocycles. The first-order chi connectivity index (χ1) is 7.27. The maximum absolute atomic E-state index is 5.90. The van der Waals surface area contributed by atoms with E-state index in [0.29, 0.717) is 11.4 Å². The van der Waals surface area contributed by atoms with Gasteiger partial charge >= 0.3 is 0 Å². The van der Waals surface area contributed by atoms with E-state index in [-0.39, 0.29) is 0 Å². The number of para-hydroxylation sites is 1. The van der Waals surface area contributed by atoms with Crippen molar-refractivity contribution in [2.45, 2.75) is 30.5 Å². The summed E-state index contributed by atoms with van der Waals surface area (Å²) in [7, 11) is 0. The lowest BCUT2D eigenvalue weighted by Crippen LogP contribution is -2.13. The third kappa shape index (κ3) is 2.67. The lowest BCUT2D eigenvalue weighted by molar-refractivity contribution is 0.127. The lowest BCUT2D eigenvalue weighted by Gasteiger charge is -2.14. The summed E-state index contributed by atoms with van der Waals surface area (Å²) in [5, 5.41) is 0.629. The maximum atomic E-state index is 5.90. The van der Waals surface area contributed by atoms with Gasteiger partial charge in [0, 0.05) is 23.3 Å². The van der Waals surface area contributed by atoms with Crippen LogP contribution in [0.4, 0.5) is 5.69 Å². The quantitative estimate of drug-likeness (QED) is 0.800. The van der Waals surface area contributed by atoms with Crippen LogP contribution in [0.15, 0.2) is 24.3 Å². The zero-order valence-corrected chi connectivity index (χ0v) is 9.80. The number of nitrogens with two attached hydrogens (primary N) is 1. The molecule has 2 rings (SSSR count). The Morgan fingerprint density at radius 2 is 2.27 bits per heavy atom. The van der Waals surface area contributed by atoms with Gasteiger partial charge in [0.05, 0.1) is 6.10 Å². The molecule has 1 aliphatic rings. The molecule has 2 unspecified atom stereocenters. The summed E-state index contributed by atoms with van der Waals surface area (Å²) in [4.78, 5) is 0. The molecule has 0 radical (unpaired) electrons.